The lowest BCUT2D eigenvalue weighted by Gasteiger charge is -2.26. The highest BCUT2D eigenvalue weighted by Crippen LogP contribution is 2.27. The summed E-state index contributed by atoms with van der Waals surface area (Å²) in [5, 5.41) is 0. The van der Waals surface area contributed by atoms with Gasteiger partial charge in [0.2, 0.25) is 0 Å². The van der Waals surface area contributed by atoms with Crippen LogP contribution in [-0.4, -0.2) is 30.0 Å². The number of nitrogens with zero attached hydrogens (tertiary/aromatic N) is 2. The standard InChI is InChI=1S/C10H14.C9H12.C8H16.C8H10.C7H15N.C7H9N/c1-7-5-6-8(2)10(4)9(7)3;1-7-4-5-8(2)9(3)6-7;3*1-7-3-5-8(2)6-4-7;1-6-3-4-7(2)8-5-6/h5-6H,1-4H3;4-6H,1-3H3;7-8H,3-6H2,1-2H3;3-6H,1-2H3;7H,3-6H2,1-2H3;3-5H,1-2H3. The van der Waals surface area contributed by atoms with Gasteiger partial charge in [-0.25, -0.2) is 0 Å². The minimum atomic E-state index is 0.978. The van der Waals surface area contributed by atoms with Crippen LogP contribution in [0.15, 0.2) is 72.9 Å². The number of aryl methyl sites for hydroxylation is 9. The second kappa shape index (κ2) is 24.9. The van der Waals surface area contributed by atoms with E-state index in [-0.39, 0.29) is 0 Å². The molecule has 2 nitrogen and oxygen atoms in total. The lowest BCUT2D eigenvalue weighted by molar-refractivity contribution is 0.230. The minimum absolute atomic E-state index is 0.978. The third-order valence-electron chi connectivity index (χ3n) is 10.6. The fourth-order valence-corrected chi connectivity index (χ4v) is 5.73. The summed E-state index contributed by atoms with van der Waals surface area (Å²) in [6.07, 6.45) is 10.6. The van der Waals surface area contributed by atoms with Gasteiger partial charge in [-0.1, -0.05) is 124 Å². The highest BCUT2D eigenvalue weighted by molar-refractivity contribution is 5.37. The number of piperidine rings is 1. The molecule has 2 heterocycles. The van der Waals surface area contributed by atoms with Crippen molar-refractivity contribution in [2.45, 2.75) is 135 Å². The van der Waals surface area contributed by atoms with Crippen molar-refractivity contribution in [3.05, 3.63) is 134 Å². The maximum atomic E-state index is 4.08. The number of hydrogen-bond donors (Lipinski definition) is 0. The molecule has 0 unspecified atom stereocenters. The fraction of sp³-hybridized carbons (Fsp3) is 0.531. The predicted molar refractivity (Wildman–Crippen MR) is 228 cm³/mol. The van der Waals surface area contributed by atoms with Gasteiger partial charge in [-0.3, -0.25) is 4.98 Å². The monoisotopic (exact) mass is 693 g/mol. The zero-order chi connectivity index (χ0) is 38.5. The Morgan fingerprint density at radius 1 is 0.431 bits per heavy atom. The van der Waals surface area contributed by atoms with E-state index in [1.165, 1.54) is 107 Å². The number of aromatic nitrogens is 1. The molecule has 0 amide bonds. The van der Waals surface area contributed by atoms with E-state index in [9.17, 15) is 0 Å². The summed E-state index contributed by atoms with van der Waals surface area (Å²) in [7, 11) is 2.20. The van der Waals surface area contributed by atoms with Crippen molar-refractivity contribution in [2.75, 3.05) is 20.1 Å². The third kappa shape index (κ3) is 21.0. The molecular weight excluding hydrogens is 617 g/mol. The van der Waals surface area contributed by atoms with Gasteiger partial charge in [-0.05, 0) is 172 Å². The van der Waals surface area contributed by atoms with Gasteiger partial charge in [0, 0.05) is 11.9 Å². The van der Waals surface area contributed by atoms with Crippen LogP contribution in [0.4, 0.5) is 0 Å². The molecule has 1 saturated heterocycles. The predicted octanol–water partition coefficient (Wildman–Crippen LogP) is 13.7. The van der Waals surface area contributed by atoms with Gasteiger partial charge in [-0.2, -0.15) is 0 Å². The molecule has 2 heteroatoms. The average Bonchev–Trinajstić information content (AvgIpc) is 3.10. The maximum Gasteiger partial charge on any atom is 0.0372 e. The van der Waals surface area contributed by atoms with E-state index < -0.39 is 0 Å². The molecule has 2 fully saturated rings. The van der Waals surface area contributed by atoms with Crippen molar-refractivity contribution in [2.24, 2.45) is 17.8 Å². The molecule has 4 aromatic rings. The Kier molecular flexibility index (Phi) is 22.3. The normalized spacial score (nSPS) is 16.9. The molecule has 1 aromatic heterocycles. The largest absolute Gasteiger partial charge is 0.306 e. The van der Waals surface area contributed by atoms with Crippen LogP contribution in [0.1, 0.15) is 121 Å². The van der Waals surface area contributed by atoms with Crippen LogP contribution in [0.3, 0.4) is 0 Å². The smallest absolute Gasteiger partial charge is 0.0372 e. The van der Waals surface area contributed by atoms with Crippen molar-refractivity contribution in [1.29, 1.82) is 0 Å². The Morgan fingerprint density at radius 3 is 1.14 bits per heavy atom. The van der Waals surface area contributed by atoms with Gasteiger partial charge in [0.05, 0.1) is 0 Å². The van der Waals surface area contributed by atoms with E-state index in [1.54, 1.807) is 0 Å². The van der Waals surface area contributed by atoms with E-state index in [4.69, 9.17) is 0 Å². The summed E-state index contributed by atoms with van der Waals surface area (Å²) in [4.78, 5) is 6.48. The van der Waals surface area contributed by atoms with Crippen LogP contribution in [0.2, 0.25) is 0 Å². The third-order valence-corrected chi connectivity index (χ3v) is 10.6. The van der Waals surface area contributed by atoms with E-state index in [2.05, 4.69) is 161 Å². The Balaban J connectivity index is 0.000000307. The van der Waals surface area contributed by atoms with Crippen LogP contribution < -0.4 is 0 Å². The highest BCUT2D eigenvalue weighted by atomic mass is 15.1. The molecule has 1 aliphatic heterocycles. The molecule has 1 aliphatic carbocycles. The van der Waals surface area contributed by atoms with Gasteiger partial charge in [-0.15, -0.1) is 0 Å². The molecule has 0 bridgehead atoms. The number of benzene rings is 3. The SMILES string of the molecule is CC1CCC(C)CC1.CC1CCN(C)CC1.Cc1ccc(C)c(C)c1.Cc1ccc(C)c(C)c1C.Cc1ccc(C)cc1.Cc1ccc(C)nc1. The summed E-state index contributed by atoms with van der Waals surface area (Å²) < 4.78 is 0. The number of rotatable bonds is 0. The fourth-order valence-electron chi connectivity index (χ4n) is 5.73. The Morgan fingerprint density at radius 2 is 0.804 bits per heavy atom. The molecule has 51 heavy (non-hydrogen) atoms. The molecule has 2 aliphatic rings. The van der Waals surface area contributed by atoms with Gasteiger partial charge in [0.15, 0.2) is 0 Å². The summed E-state index contributed by atoms with van der Waals surface area (Å²) >= 11 is 0. The van der Waals surface area contributed by atoms with Gasteiger partial charge < -0.3 is 4.90 Å². The van der Waals surface area contributed by atoms with Crippen molar-refractivity contribution < 1.29 is 0 Å². The molecule has 0 radical (unpaired) electrons. The number of pyridine rings is 1. The van der Waals surface area contributed by atoms with E-state index >= 15 is 0 Å². The summed E-state index contributed by atoms with van der Waals surface area (Å²) in [6, 6.07) is 23.4. The second-order valence-electron chi connectivity index (χ2n) is 16.0. The molecule has 6 rings (SSSR count). The zero-order valence-electron chi connectivity index (χ0n) is 35.7. The highest BCUT2D eigenvalue weighted by Gasteiger charge is 2.13. The van der Waals surface area contributed by atoms with Crippen LogP contribution in [-0.2, 0) is 0 Å². The van der Waals surface area contributed by atoms with E-state index in [0.29, 0.717) is 0 Å². The Hall–Kier alpha value is -3.23. The summed E-state index contributed by atoms with van der Waals surface area (Å²) in [6.45, 7) is 33.0. The average molecular weight is 693 g/mol. The lowest BCUT2D eigenvalue weighted by atomic mass is 9.84. The minimum Gasteiger partial charge on any atom is -0.306 e. The van der Waals surface area contributed by atoms with Crippen LogP contribution >= 0.6 is 0 Å². The lowest BCUT2D eigenvalue weighted by Crippen LogP contribution is -2.28. The summed E-state index contributed by atoms with van der Waals surface area (Å²) in [5.41, 5.74) is 14.7. The van der Waals surface area contributed by atoms with Crippen LogP contribution in [0.5, 0.6) is 0 Å². The number of likely N-dealkylation sites (tertiary alicyclic amines) is 1. The first-order valence-corrected chi connectivity index (χ1v) is 19.7. The first-order chi connectivity index (χ1) is 24.0. The zero-order valence-corrected chi connectivity index (χ0v) is 35.7. The topological polar surface area (TPSA) is 16.1 Å². The molecule has 1 saturated carbocycles. The van der Waals surface area contributed by atoms with Crippen LogP contribution in [0.25, 0.3) is 0 Å². The second-order valence-corrected chi connectivity index (χ2v) is 16.0. The first-order valence-electron chi connectivity index (χ1n) is 19.7. The van der Waals surface area contributed by atoms with E-state index in [1.807, 2.05) is 26.1 Å². The van der Waals surface area contributed by atoms with Gasteiger partial charge in [0.25, 0.3) is 0 Å². The maximum absolute atomic E-state index is 4.08. The van der Waals surface area contributed by atoms with Crippen molar-refractivity contribution in [3.8, 4) is 0 Å². The number of hydrogen-bond acceptors (Lipinski definition) is 2. The molecule has 282 valence electrons. The summed E-state index contributed by atoms with van der Waals surface area (Å²) in [5.74, 6) is 3.02. The molecular formula is C49H76N2. The molecule has 0 N–H and O–H groups in total. The van der Waals surface area contributed by atoms with Crippen molar-refractivity contribution in [3.63, 3.8) is 0 Å². The molecule has 0 spiro atoms. The van der Waals surface area contributed by atoms with Crippen molar-refractivity contribution in [1.82, 2.24) is 9.88 Å². The van der Waals surface area contributed by atoms with Gasteiger partial charge in [0.1, 0.15) is 0 Å². The first kappa shape index (κ1) is 45.8. The molecule has 0 atom stereocenters. The quantitative estimate of drug-likeness (QED) is 0.182. The molecule has 3 aromatic carbocycles. The van der Waals surface area contributed by atoms with Crippen LogP contribution in [0, 0.1) is 93.9 Å². The van der Waals surface area contributed by atoms with Gasteiger partial charge >= 0.3 is 0 Å². The van der Waals surface area contributed by atoms with E-state index in [0.717, 1.165) is 23.4 Å². The Labute approximate surface area is 316 Å². The van der Waals surface area contributed by atoms with Crippen molar-refractivity contribution >= 4 is 0 Å². The Bertz CT molecular complexity index is 1330.